The molecule has 0 aliphatic heterocycles. The number of nitriles is 1. The second-order valence-electron chi connectivity index (χ2n) is 2.87. The molecule has 11 heavy (non-hydrogen) atoms. The Morgan fingerprint density at radius 2 is 2.18 bits per heavy atom. The van der Waals surface area contributed by atoms with Crippen LogP contribution < -0.4 is 0 Å². The van der Waals surface area contributed by atoms with Crippen LogP contribution >= 0.6 is 0 Å². The highest BCUT2D eigenvalue weighted by atomic mass is 14.2. The van der Waals surface area contributed by atoms with Gasteiger partial charge in [0.15, 0.2) is 0 Å². The number of allylic oxidation sites excluding steroid dienone is 2. The SMILES string of the molecule is CCCCC/C(C)=C/CC#N. The van der Waals surface area contributed by atoms with Gasteiger partial charge < -0.3 is 0 Å². The molecule has 0 aromatic carbocycles. The van der Waals surface area contributed by atoms with E-state index in [1.165, 1.54) is 24.8 Å². The standard InChI is InChI=1S/C10H17N/c1-3-4-5-7-10(2)8-6-9-11/h8H,3-7H2,1-2H3/b10-8+. The zero-order chi connectivity index (χ0) is 8.53. The fourth-order valence-electron chi connectivity index (χ4n) is 0.976. The van der Waals surface area contributed by atoms with Gasteiger partial charge in [-0.3, -0.25) is 0 Å². The molecule has 1 heteroatoms. The Morgan fingerprint density at radius 3 is 2.73 bits per heavy atom. The van der Waals surface area contributed by atoms with Crippen LogP contribution in [0.25, 0.3) is 0 Å². The van der Waals surface area contributed by atoms with Gasteiger partial charge in [-0.25, -0.2) is 0 Å². The first-order valence-corrected chi connectivity index (χ1v) is 4.33. The summed E-state index contributed by atoms with van der Waals surface area (Å²) in [6.07, 6.45) is 7.59. The summed E-state index contributed by atoms with van der Waals surface area (Å²) in [6, 6.07) is 2.11. The van der Waals surface area contributed by atoms with Crippen LogP contribution in [0.1, 0.15) is 46.0 Å². The molecule has 0 heterocycles. The molecule has 0 aromatic rings. The number of nitrogens with zero attached hydrogens (tertiary/aromatic N) is 1. The van der Waals surface area contributed by atoms with E-state index in [1.807, 2.05) is 6.08 Å². The van der Waals surface area contributed by atoms with Gasteiger partial charge in [0.05, 0.1) is 12.5 Å². The van der Waals surface area contributed by atoms with Gasteiger partial charge in [-0.1, -0.05) is 31.4 Å². The largest absolute Gasteiger partial charge is 0.198 e. The smallest absolute Gasteiger partial charge is 0.0663 e. The Balaban J connectivity index is 3.36. The Bertz CT molecular complexity index is 151. The molecule has 0 saturated heterocycles. The van der Waals surface area contributed by atoms with Gasteiger partial charge in [0.25, 0.3) is 0 Å². The van der Waals surface area contributed by atoms with Gasteiger partial charge in [-0.15, -0.1) is 0 Å². The molecule has 1 nitrogen and oxygen atoms in total. The van der Waals surface area contributed by atoms with Crippen molar-refractivity contribution in [3.05, 3.63) is 11.6 Å². The fourth-order valence-corrected chi connectivity index (χ4v) is 0.976. The molecule has 0 bridgehead atoms. The monoisotopic (exact) mass is 151 g/mol. The Hall–Kier alpha value is -0.770. The van der Waals surface area contributed by atoms with E-state index in [-0.39, 0.29) is 0 Å². The van der Waals surface area contributed by atoms with E-state index < -0.39 is 0 Å². The number of hydrogen-bond donors (Lipinski definition) is 0. The van der Waals surface area contributed by atoms with Crippen LogP contribution in [-0.4, -0.2) is 0 Å². The minimum absolute atomic E-state index is 0.567. The van der Waals surface area contributed by atoms with E-state index in [1.54, 1.807) is 0 Å². The molecule has 0 fully saturated rings. The van der Waals surface area contributed by atoms with Crippen LogP contribution in [0.5, 0.6) is 0 Å². The van der Waals surface area contributed by atoms with Gasteiger partial charge in [-0.2, -0.15) is 5.26 Å². The van der Waals surface area contributed by atoms with E-state index >= 15 is 0 Å². The molecule has 0 spiro atoms. The lowest BCUT2D eigenvalue weighted by atomic mass is 10.1. The van der Waals surface area contributed by atoms with E-state index in [4.69, 9.17) is 5.26 Å². The molecule has 0 atom stereocenters. The third-order valence-corrected chi connectivity index (χ3v) is 1.72. The lowest BCUT2D eigenvalue weighted by molar-refractivity contribution is 0.712. The average Bonchev–Trinajstić information content (AvgIpc) is 2.01. The molecule has 0 aliphatic carbocycles. The van der Waals surface area contributed by atoms with Crippen molar-refractivity contribution in [1.29, 1.82) is 5.26 Å². The third-order valence-electron chi connectivity index (χ3n) is 1.72. The first-order chi connectivity index (χ1) is 5.31. The zero-order valence-corrected chi connectivity index (χ0v) is 7.56. The molecule has 0 aliphatic rings. The van der Waals surface area contributed by atoms with Gasteiger partial charge in [0.1, 0.15) is 0 Å². The normalized spacial score (nSPS) is 11.2. The third kappa shape index (κ3) is 7.12. The van der Waals surface area contributed by atoms with E-state index in [0.717, 1.165) is 6.42 Å². The van der Waals surface area contributed by atoms with Crippen LogP contribution in [0.15, 0.2) is 11.6 Å². The van der Waals surface area contributed by atoms with Crippen molar-refractivity contribution in [2.24, 2.45) is 0 Å². The zero-order valence-electron chi connectivity index (χ0n) is 7.56. The summed E-state index contributed by atoms with van der Waals surface area (Å²) in [4.78, 5) is 0. The molecule has 0 saturated carbocycles. The summed E-state index contributed by atoms with van der Waals surface area (Å²) >= 11 is 0. The van der Waals surface area contributed by atoms with Crippen molar-refractivity contribution < 1.29 is 0 Å². The summed E-state index contributed by atoms with van der Waals surface area (Å²) in [5, 5.41) is 8.29. The summed E-state index contributed by atoms with van der Waals surface area (Å²) in [5.74, 6) is 0. The van der Waals surface area contributed by atoms with Crippen molar-refractivity contribution >= 4 is 0 Å². The number of rotatable bonds is 5. The van der Waals surface area contributed by atoms with E-state index in [9.17, 15) is 0 Å². The van der Waals surface area contributed by atoms with Crippen LogP contribution in [-0.2, 0) is 0 Å². The van der Waals surface area contributed by atoms with Crippen molar-refractivity contribution in [3.63, 3.8) is 0 Å². The molecule has 0 aromatic heterocycles. The van der Waals surface area contributed by atoms with E-state index in [2.05, 4.69) is 19.9 Å². The fraction of sp³-hybridized carbons (Fsp3) is 0.700. The van der Waals surface area contributed by atoms with Crippen LogP contribution in [0.2, 0.25) is 0 Å². The molecular weight excluding hydrogens is 134 g/mol. The highest BCUT2D eigenvalue weighted by molar-refractivity contribution is 5.01. The van der Waals surface area contributed by atoms with Gasteiger partial charge in [-0.05, 0) is 19.8 Å². The molecule has 0 rings (SSSR count). The van der Waals surface area contributed by atoms with Crippen LogP contribution in [0.4, 0.5) is 0 Å². The van der Waals surface area contributed by atoms with Crippen molar-refractivity contribution in [2.45, 2.75) is 46.0 Å². The Kier molecular flexibility index (Phi) is 6.82. The van der Waals surface area contributed by atoms with E-state index in [0.29, 0.717) is 6.42 Å². The summed E-state index contributed by atoms with van der Waals surface area (Å²) in [5.41, 5.74) is 1.36. The van der Waals surface area contributed by atoms with Gasteiger partial charge >= 0.3 is 0 Å². The van der Waals surface area contributed by atoms with Crippen LogP contribution in [0.3, 0.4) is 0 Å². The number of unbranched alkanes of at least 4 members (excludes halogenated alkanes) is 2. The average molecular weight is 151 g/mol. The minimum atomic E-state index is 0.567. The molecule has 0 radical (unpaired) electrons. The second kappa shape index (κ2) is 7.34. The maximum absolute atomic E-state index is 8.29. The Labute approximate surface area is 69.7 Å². The topological polar surface area (TPSA) is 23.8 Å². The van der Waals surface area contributed by atoms with Crippen molar-refractivity contribution in [1.82, 2.24) is 0 Å². The predicted molar refractivity (Wildman–Crippen MR) is 48.1 cm³/mol. The molecule has 0 amide bonds. The molecular formula is C10H17N. The highest BCUT2D eigenvalue weighted by Crippen LogP contribution is 2.08. The minimum Gasteiger partial charge on any atom is -0.198 e. The summed E-state index contributed by atoms with van der Waals surface area (Å²) < 4.78 is 0. The second-order valence-corrected chi connectivity index (χ2v) is 2.87. The maximum Gasteiger partial charge on any atom is 0.0663 e. The van der Waals surface area contributed by atoms with Gasteiger partial charge in [0, 0.05) is 0 Å². The first-order valence-electron chi connectivity index (χ1n) is 4.33. The maximum atomic E-state index is 8.29. The number of hydrogen-bond acceptors (Lipinski definition) is 1. The molecule has 62 valence electrons. The highest BCUT2D eigenvalue weighted by Gasteiger charge is 1.88. The first kappa shape index (κ1) is 10.2. The lowest BCUT2D eigenvalue weighted by Gasteiger charge is -1.97. The quantitative estimate of drug-likeness (QED) is 0.436. The Morgan fingerprint density at radius 1 is 1.45 bits per heavy atom. The molecule has 0 N–H and O–H groups in total. The summed E-state index contributed by atoms with van der Waals surface area (Å²) in [6.45, 7) is 4.31. The predicted octanol–water partition coefficient (Wildman–Crippen LogP) is 3.43. The van der Waals surface area contributed by atoms with Crippen molar-refractivity contribution in [3.8, 4) is 6.07 Å². The van der Waals surface area contributed by atoms with Gasteiger partial charge in [0.2, 0.25) is 0 Å². The summed E-state index contributed by atoms with van der Waals surface area (Å²) in [7, 11) is 0. The lowest BCUT2D eigenvalue weighted by Crippen LogP contribution is -1.78. The van der Waals surface area contributed by atoms with Crippen LogP contribution in [0, 0.1) is 11.3 Å². The van der Waals surface area contributed by atoms with Crippen molar-refractivity contribution in [2.75, 3.05) is 0 Å². The molecule has 0 unspecified atom stereocenters.